The van der Waals surface area contributed by atoms with Crippen molar-refractivity contribution < 1.29 is 4.39 Å². The van der Waals surface area contributed by atoms with Crippen LogP contribution in [0, 0.1) is 5.82 Å². The lowest BCUT2D eigenvalue weighted by Crippen LogP contribution is -2.32. The summed E-state index contributed by atoms with van der Waals surface area (Å²) in [6, 6.07) is 14.2. The third kappa shape index (κ3) is 3.71. The highest BCUT2D eigenvalue weighted by atomic mass is 35.5. The summed E-state index contributed by atoms with van der Waals surface area (Å²) in [6.07, 6.45) is 2.41. The molecule has 0 atom stereocenters. The second-order valence-corrected chi connectivity index (χ2v) is 9.30. The van der Waals surface area contributed by atoms with Crippen molar-refractivity contribution >= 4 is 23.0 Å². The predicted molar refractivity (Wildman–Crippen MR) is 124 cm³/mol. The van der Waals surface area contributed by atoms with E-state index >= 15 is 0 Å². The quantitative estimate of drug-likeness (QED) is 0.528. The van der Waals surface area contributed by atoms with Crippen LogP contribution in [-0.2, 0) is 12.0 Å². The van der Waals surface area contributed by atoms with E-state index in [0.717, 1.165) is 29.8 Å². The first-order valence-corrected chi connectivity index (χ1v) is 11.1. The summed E-state index contributed by atoms with van der Waals surface area (Å²) < 4.78 is 17.6. The summed E-state index contributed by atoms with van der Waals surface area (Å²) in [7, 11) is 0. The summed E-state index contributed by atoms with van der Waals surface area (Å²) in [5.74, 6) is 0.376. The molecule has 2 heterocycles. The van der Waals surface area contributed by atoms with Crippen LogP contribution in [0.2, 0.25) is 5.02 Å². The fourth-order valence-corrected chi connectivity index (χ4v) is 4.23. The molecule has 164 valence electrons. The fraction of sp³-hybridized carbons (Fsp3) is 0.333. The monoisotopic (exact) mass is 451 g/mol. The molecule has 2 aromatic carbocycles. The molecular weight excluding hydrogens is 429 g/mol. The zero-order valence-electron chi connectivity index (χ0n) is 17.9. The second-order valence-electron chi connectivity index (χ2n) is 8.87. The van der Waals surface area contributed by atoms with Crippen molar-refractivity contribution in [3.8, 4) is 11.4 Å². The standard InChI is InChI=1S/C24H23ClFN5O/c1-24(2,19-5-3-4-6-20(19)26)21-13-17(27-28-21)14-30-23(32)31(18-11-12-18)22(29-30)15-7-9-16(25)10-8-15/h3-10,18H,11-14H2,1-2H3. The normalized spacial score (nSPS) is 16.2. The van der Waals surface area contributed by atoms with Crippen LogP contribution in [0.5, 0.6) is 0 Å². The third-order valence-electron chi connectivity index (χ3n) is 6.17. The molecule has 0 unspecified atom stereocenters. The van der Waals surface area contributed by atoms with Gasteiger partial charge in [0, 0.05) is 28.5 Å². The van der Waals surface area contributed by atoms with Gasteiger partial charge in [0.25, 0.3) is 0 Å². The molecular formula is C24H23ClFN5O. The molecule has 1 aliphatic heterocycles. The van der Waals surface area contributed by atoms with E-state index in [9.17, 15) is 9.18 Å². The van der Waals surface area contributed by atoms with E-state index < -0.39 is 5.41 Å². The van der Waals surface area contributed by atoms with Gasteiger partial charge in [-0.15, -0.1) is 5.10 Å². The van der Waals surface area contributed by atoms with Crippen molar-refractivity contribution in [2.45, 2.75) is 51.1 Å². The highest BCUT2D eigenvalue weighted by Crippen LogP contribution is 2.37. The first-order chi connectivity index (χ1) is 15.3. The number of nitrogens with zero attached hydrogens (tertiary/aromatic N) is 5. The number of aromatic nitrogens is 3. The Hall–Kier alpha value is -3.06. The van der Waals surface area contributed by atoms with Crippen molar-refractivity contribution in [1.29, 1.82) is 0 Å². The van der Waals surface area contributed by atoms with E-state index in [1.807, 2.05) is 32.0 Å². The lowest BCUT2D eigenvalue weighted by atomic mass is 9.78. The van der Waals surface area contributed by atoms with E-state index in [1.165, 1.54) is 10.7 Å². The van der Waals surface area contributed by atoms with Crippen LogP contribution in [0.4, 0.5) is 4.39 Å². The van der Waals surface area contributed by atoms with Gasteiger partial charge in [-0.2, -0.15) is 10.2 Å². The second kappa shape index (κ2) is 7.81. The Morgan fingerprint density at radius 3 is 2.50 bits per heavy atom. The number of halogens is 2. The molecule has 0 amide bonds. The van der Waals surface area contributed by atoms with Crippen molar-refractivity contribution in [2.24, 2.45) is 10.2 Å². The average Bonchev–Trinajstić information content (AvgIpc) is 3.40. The minimum absolute atomic E-state index is 0.151. The van der Waals surface area contributed by atoms with Crippen molar-refractivity contribution in [3.05, 3.63) is 75.4 Å². The molecule has 0 radical (unpaired) electrons. The van der Waals surface area contributed by atoms with Crippen molar-refractivity contribution in [3.63, 3.8) is 0 Å². The molecule has 5 rings (SSSR count). The third-order valence-corrected chi connectivity index (χ3v) is 6.42. The van der Waals surface area contributed by atoms with Crippen LogP contribution >= 0.6 is 11.6 Å². The maximum absolute atomic E-state index is 14.4. The van der Waals surface area contributed by atoms with E-state index in [1.54, 1.807) is 28.8 Å². The lowest BCUT2D eigenvalue weighted by Gasteiger charge is -2.25. The Balaban J connectivity index is 1.39. The summed E-state index contributed by atoms with van der Waals surface area (Å²) in [4.78, 5) is 13.1. The zero-order valence-corrected chi connectivity index (χ0v) is 18.7. The van der Waals surface area contributed by atoms with E-state index in [0.29, 0.717) is 22.8 Å². The first kappa shape index (κ1) is 20.8. The highest BCUT2D eigenvalue weighted by Gasteiger charge is 2.34. The maximum atomic E-state index is 14.4. The molecule has 0 bridgehead atoms. The molecule has 0 spiro atoms. The molecule has 8 heteroatoms. The van der Waals surface area contributed by atoms with Crippen molar-refractivity contribution in [1.82, 2.24) is 14.3 Å². The fourth-order valence-electron chi connectivity index (χ4n) is 4.11. The molecule has 6 nitrogen and oxygen atoms in total. The molecule has 1 aromatic heterocycles. The molecule has 0 N–H and O–H groups in total. The zero-order chi connectivity index (χ0) is 22.5. The molecule has 1 aliphatic carbocycles. The highest BCUT2D eigenvalue weighted by molar-refractivity contribution is 6.30. The maximum Gasteiger partial charge on any atom is 0.346 e. The number of benzene rings is 2. The Kier molecular flexibility index (Phi) is 5.08. The van der Waals surface area contributed by atoms with Crippen molar-refractivity contribution in [2.75, 3.05) is 0 Å². The summed E-state index contributed by atoms with van der Waals surface area (Å²) in [5, 5.41) is 13.9. The summed E-state index contributed by atoms with van der Waals surface area (Å²) in [6.45, 7) is 4.13. The lowest BCUT2D eigenvalue weighted by molar-refractivity contribution is 0.571. The molecule has 1 saturated carbocycles. The first-order valence-electron chi connectivity index (χ1n) is 10.7. The molecule has 2 aliphatic rings. The topological polar surface area (TPSA) is 64.5 Å². The van der Waals surface area contributed by atoms with Crippen LogP contribution in [0.15, 0.2) is 63.5 Å². The SMILES string of the molecule is CC(C)(C1=NN=C(Cn2nc(-c3ccc(Cl)cc3)n(C3CC3)c2=O)C1)c1ccccc1F. The molecule has 3 aromatic rings. The molecule has 32 heavy (non-hydrogen) atoms. The summed E-state index contributed by atoms with van der Waals surface area (Å²) in [5.41, 5.74) is 2.17. The van der Waals surface area contributed by atoms with Gasteiger partial charge in [0.05, 0.1) is 18.0 Å². The van der Waals surface area contributed by atoms with Crippen LogP contribution in [-0.4, -0.2) is 25.8 Å². The number of rotatable bonds is 6. The van der Waals surface area contributed by atoms with Gasteiger partial charge in [-0.3, -0.25) is 4.57 Å². The van der Waals surface area contributed by atoms with Gasteiger partial charge < -0.3 is 0 Å². The number of hydrogen-bond donors (Lipinski definition) is 0. The van der Waals surface area contributed by atoms with Crippen LogP contribution < -0.4 is 5.69 Å². The molecule has 0 saturated heterocycles. The van der Waals surface area contributed by atoms with Gasteiger partial charge in [0.2, 0.25) is 0 Å². The Bertz CT molecular complexity index is 1300. The van der Waals surface area contributed by atoms with E-state index in [-0.39, 0.29) is 24.1 Å². The number of hydrogen-bond acceptors (Lipinski definition) is 4. The largest absolute Gasteiger partial charge is 0.346 e. The van der Waals surface area contributed by atoms with Gasteiger partial charge in [0.15, 0.2) is 5.82 Å². The van der Waals surface area contributed by atoms with E-state index in [4.69, 9.17) is 11.6 Å². The van der Waals surface area contributed by atoms with Gasteiger partial charge in [-0.25, -0.2) is 13.9 Å². The molecule has 1 fully saturated rings. The smallest absolute Gasteiger partial charge is 0.272 e. The average molecular weight is 452 g/mol. The summed E-state index contributed by atoms with van der Waals surface area (Å²) >= 11 is 6.02. The minimum atomic E-state index is -0.608. The van der Waals surface area contributed by atoms with Gasteiger partial charge in [0.1, 0.15) is 5.82 Å². The van der Waals surface area contributed by atoms with Crippen LogP contribution in [0.3, 0.4) is 0 Å². The van der Waals surface area contributed by atoms with E-state index in [2.05, 4.69) is 15.3 Å². The Morgan fingerprint density at radius 2 is 1.81 bits per heavy atom. The van der Waals surface area contributed by atoms with Gasteiger partial charge >= 0.3 is 5.69 Å². The predicted octanol–water partition coefficient (Wildman–Crippen LogP) is 5.02. The van der Waals surface area contributed by atoms with Gasteiger partial charge in [-0.1, -0.05) is 43.6 Å². The Labute approximate surface area is 190 Å². The van der Waals surface area contributed by atoms with Crippen LogP contribution in [0.25, 0.3) is 11.4 Å². The van der Waals surface area contributed by atoms with Gasteiger partial charge in [-0.05, 0) is 48.7 Å². The Morgan fingerprint density at radius 1 is 1.09 bits per heavy atom. The minimum Gasteiger partial charge on any atom is -0.272 e. The van der Waals surface area contributed by atoms with Crippen LogP contribution in [0.1, 0.15) is 44.7 Å².